The van der Waals surface area contributed by atoms with Crippen LogP contribution in [0.25, 0.3) is 10.8 Å². The highest BCUT2D eigenvalue weighted by Gasteiger charge is 2.16. The fraction of sp³-hybridized carbons (Fsp3) is 0.261. The van der Waals surface area contributed by atoms with Gasteiger partial charge in [-0.15, -0.1) is 0 Å². The summed E-state index contributed by atoms with van der Waals surface area (Å²) in [5.41, 5.74) is 2.26. The molecule has 1 amide bonds. The SMILES string of the molecule is COc1ccc2cc([C@H](C)C(=O)NC[C@H](C)c3ccccc3)ccc2c1. The number of ether oxygens (including phenoxy) is 1. The number of amides is 1. The zero-order valence-corrected chi connectivity index (χ0v) is 15.5. The Morgan fingerprint density at radius 2 is 1.62 bits per heavy atom. The van der Waals surface area contributed by atoms with Crippen molar-refractivity contribution in [3.8, 4) is 5.75 Å². The summed E-state index contributed by atoms with van der Waals surface area (Å²) in [4.78, 5) is 12.6. The molecule has 0 saturated carbocycles. The van der Waals surface area contributed by atoms with Crippen LogP contribution in [0, 0.1) is 0 Å². The van der Waals surface area contributed by atoms with Crippen molar-refractivity contribution >= 4 is 16.7 Å². The first-order valence-corrected chi connectivity index (χ1v) is 8.99. The summed E-state index contributed by atoms with van der Waals surface area (Å²) in [5.74, 6) is 0.993. The molecule has 0 radical (unpaired) electrons. The highest BCUT2D eigenvalue weighted by molar-refractivity contribution is 5.88. The lowest BCUT2D eigenvalue weighted by atomic mass is 9.96. The monoisotopic (exact) mass is 347 g/mol. The van der Waals surface area contributed by atoms with E-state index in [9.17, 15) is 4.79 Å². The van der Waals surface area contributed by atoms with Crippen molar-refractivity contribution in [1.82, 2.24) is 5.32 Å². The van der Waals surface area contributed by atoms with Crippen LogP contribution in [-0.4, -0.2) is 19.6 Å². The summed E-state index contributed by atoms with van der Waals surface area (Å²) < 4.78 is 5.26. The molecule has 3 aromatic rings. The van der Waals surface area contributed by atoms with Crippen LogP contribution in [0.4, 0.5) is 0 Å². The normalized spacial score (nSPS) is 13.2. The van der Waals surface area contributed by atoms with Gasteiger partial charge in [0.05, 0.1) is 13.0 Å². The van der Waals surface area contributed by atoms with Crippen molar-refractivity contribution in [3.63, 3.8) is 0 Å². The maximum absolute atomic E-state index is 12.6. The van der Waals surface area contributed by atoms with E-state index in [1.54, 1.807) is 7.11 Å². The highest BCUT2D eigenvalue weighted by Crippen LogP contribution is 2.25. The Labute approximate surface area is 155 Å². The maximum atomic E-state index is 12.6. The molecular formula is C23H25NO2. The number of benzene rings is 3. The number of fused-ring (bicyclic) bond motifs is 1. The molecule has 0 saturated heterocycles. The van der Waals surface area contributed by atoms with Gasteiger partial charge in [0.2, 0.25) is 5.91 Å². The van der Waals surface area contributed by atoms with Gasteiger partial charge in [-0.1, -0.05) is 61.5 Å². The van der Waals surface area contributed by atoms with E-state index in [2.05, 4.69) is 30.4 Å². The van der Waals surface area contributed by atoms with Gasteiger partial charge in [0.15, 0.2) is 0 Å². The van der Waals surface area contributed by atoms with Crippen molar-refractivity contribution in [2.75, 3.05) is 13.7 Å². The molecule has 3 heteroatoms. The molecule has 0 fully saturated rings. The molecule has 0 heterocycles. The van der Waals surface area contributed by atoms with Gasteiger partial charge >= 0.3 is 0 Å². The lowest BCUT2D eigenvalue weighted by molar-refractivity contribution is -0.122. The average Bonchev–Trinajstić information content (AvgIpc) is 2.70. The van der Waals surface area contributed by atoms with E-state index in [-0.39, 0.29) is 17.7 Å². The summed E-state index contributed by atoms with van der Waals surface area (Å²) in [6.07, 6.45) is 0. The molecule has 1 N–H and O–H groups in total. The van der Waals surface area contributed by atoms with E-state index in [0.717, 1.165) is 22.1 Å². The molecule has 134 valence electrons. The smallest absolute Gasteiger partial charge is 0.227 e. The predicted octanol–water partition coefficient (Wildman–Crippen LogP) is 4.87. The number of carbonyl (C=O) groups is 1. The molecule has 0 unspecified atom stereocenters. The van der Waals surface area contributed by atoms with Gasteiger partial charge in [-0.2, -0.15) is 0 Å². The van der Waals surface area contributed by atoms with Gasteiger partial charge in [0, 0.05) is 6.54 Å². The number of methoxy groups -OCH3 is 1. The zero-order chi connectivity index (χ0) is 18.5. The third-order valence-corrected chi connectivity index (χ3v) is 4.92. The largest absolute Gasteiger partial charge is 0.497 e. The fourth-order valence-electron chi connectivity index (χ4n) is 3.10. The van der Waals surface area contributed by atoms with E-state index < -0.39 is 0 Å². The van der Waals surface area contributed by atoms with Gasteiger partial charge in [0.25, 0.3) is 0 Å². The Hall–Kier alpha value is -2.81. The minimum atomic E-state index is -0.190. The quantitative estimate of drug-likeness (QED) is 0.691. The van der Waals surface area contributed by atoms with Crippen molar-refractivity contribution in [1.29, 1.82) is 0 Å². The number of rotatable bonds is 6. The van der Waals surface area contributed by atoms with Gasteiger partial charge in [-0.05, 0) is 46.9 Å². The molecule has 0 bridgehead atoms. The first kappa shape index (κ1) is 18.0. The third kappa shape index (κ3) is 4.05. The van der Waals surface area contributed by atoms with Crippen LogP contribution in [0.5, 0.6) is 5.75 Å². The number of carbonyl (C=O) groups excluding carboxylic acids is 1. The Bertz CT molecular complexity index is 889. The summed E-state index contributed by atoms with van der Waals surface area (Å²) >= 11 is 0. The van der Waals surface area contributed by atoms with Gasteiger partial charge in [-0.3, -0.25) is 4.79 Å². The third-order valence-electron chi connectivity index (χ3n) is 4.92. The fourth-order valence-corrected chi connectivity index (χ4v) is 3.10. The highest BCUT2D eigenvalue weighted by atomic mass is 16.5. The molecule has 3 rings (SSSR count). The molecule has 3 nitrogen and oxygen atoms in total. The number of hydrogen-bond acceptors (Lipinski definition) is 2. The number of hydrogen-bond donors (Lipinski definition) is 1. The van der Waals surface area contributed by atoms with E-state index in [4.69, 9.17) is 4.74 Å². The van der Waals surface area contributed by atoms with Gasteiger partial charge < -0.3 is 10.1 Å². The van der Waals surface area contributed by atoms with E-state index in [1.165, 1.54) is 5.56 Å². The molecule has 0 aromatic heterocycles. The van der Waals surface area contributed by atoms with Crippen LogP contribution >= 0.6 is 0 Å². The van der Waals surface area contributed by atoms with Crippen LogP contribution in [0.3, 0.4) is 0 Å². The zero-order valence-electron chi connectivity index (χ0n) is 15.5. The first-order chi connectivity index (χ1) is 12.6. The molecule has 0 spiro atoms. The average molecular weight is 347 g/mol. The Morgan fingerprint density at radius 3 is 2.35 bits per heavy atom. The van der Waals surface area contributed by atoms with Crippen LogP contribution in [0.1, 0.15) is 36.8 Å². The Kier molecular flexibility index (Phi) is 5.57. The molecule has 26 heavy (non-hydrogen) atoms. The Balaban J connectivity index is 1.67. The summed E-state index contributed by atoms with van der Waals surface area (Å²) in [6, 6.07) is 22.4. The summed E-state index contributed by atoms with van der Waals surface area (Å²) in [7, 11) is 1.67. The van der Waals surface area contributed by atoms with E-state index in [0.29, 0.717) is 6.54 Å². The topological polar surface area (TPSA) is 38.3 Å². The standard InChI is InChI=1S/C23H25NO2/c1-16(18-7-5-4-6-8-18)15-24-23(25)17(2)19-9-10-21-14-22(26-3)12-11-20(21)13-19/h4-14,16-17H,15H2,1-3H3,(H,24,25)/t16-,17-/m0/s1. The molecule has 0 aliphatic rings. The van der Waals surface area contributed by atoms with Crippen LogP contribution in [0.15, 0.2) is 66.7 Å². The predicted molar refractivity (Wildman–Crippen MR) is 107 cm³/mol. The lowest BCUT2D eigenvalue weighted by Gasteiger charge is -2.17. The van der Waals surface area contributed by atoms with Crippen LogP contribution in [0.2, 0.25) is 0 Å². The summed E-state index contributed by atoms with van der Waals surface area (Å²) in [5, 5.41) is 5.31. The second kappa shape index (κ2) is 8.05. The maximum Gasteiger partial charge on any atom is 0.227 e. The second-order valence-electron chi connectivity index (χ2n) is 6.75. The van der Waals surface area contributed by atoms with Crippen LogP contribution in [-0.2, 0) is 4.79 Å². The summed E-state index contributed by atoms with van der Waals surface area (Å²) in [6.45, 7) is 4.72. The van der Waals surface area contributed by atoms with E-state index in [1.807, 2.05) is 55.5 Å². The van der Waals surface area contributed by atoms with Gasteiger partial charge in [0.1, 0.15) is 5.75 Å². The Morgan fingerprint density at radius 1 is 0.923 bits per heavy atom. The molecule has 0 aliphatic carbocycles. The second-order valence-corrected chi connectivity index (χ2v) is 6.75. The molecular weight excluding hydrogens is 322 g/mol. The minimum Gasteiger partial charge on any atom is -0.497 e. The molecule has 0 aliphatic heterocycles. The number of nitrogens with one attached hydrogen (secondary N) is 1. The molecule has 3 aromatic carbocycles. The van der Waals surface area contributed by atoms with E-state index >= 15 is 0 Å². The minimum absolute atomic E-state index is 0.0562. The van der Waals surface area contributed by atoms with Crippen LogP contribution < -0.4 is 10.1 Å². The van der Waals surface area contributed by atoms with Crippen molar-refractivity contribution in [3.05, 3.63) is 77.9 Å². The first-order valence-electron chi connectivity index (χ1n) is 8.99. The van der Waals surface area contributed by atoms with Crippen molar-refractivity contribution in [2.45, 2.75) is 25.7 Å². The van der Waals surface area contributed by atoms with Crippen molar-refractivity contribution in [2.24, 2.45) is 0 Å². The van der Waals surface area contributed by atoms with Gasteiger partial charge in [-0.25, -0.2) is 0 Å². The lowest BCUT2D eigenvalue weighted by Crippen LogP contribution is -2.31. The van der Waals surface area contributed by atoms with Crippen molar-refractivity contribution < 1.29 is 9.53 Å². The molecule has 2 atom stereocenters.